The third kappa shape index (κ3) is 3.95. The Bertz CT molecular complexity index is 629. The first-order valence-corrected chi connectivity index (χ1v) is 6.57. The van der Waals surface area contributed by atoms with Crippen LogP contribution >= 0.6 is 0 Å². The summed E-state index contributed by atoms with van der Waals surface area (Å²) in [6.07, 6.45) is -0.758. The Morgan fingerprint density at radius 2 is 1.95 bits per heavy atom. The van der Waals surface area contributed by atoms with Crippen LogP contribution in [0.15, 0.2) is 42.5 Å². The van der Waals surface area contributed by atoms with Gasteiger partial charge in [-0.25, -0.2) is 9.18 Å². The maximum Gasteiger partial charge on any atom is 0.417 e. The van der Waals surface area contributed by atoms with Crippen molar-refractivity contribution in [3.8, 4) is 11.5 Å². The van der Waals surface area contributed by atoms with E-state index in [0.29, 0.717) is 23.7 Å². The summed E-state index contributed by atoms with van der Waals surface area (Å²) in [5, 5.41) is 2.37. The van der Waals surface area contributed by atoms with Crippen LogP contribution < -0.4 is 14.8 Å². The number of hydrogen-bond acceptors (Lipinski definition) is 3. The number of carbonyl (C=O) groups is 1. The summed E-state index contributed by atoms with van der Waals surface area (Å²) in [6.45, 7) is 4.03. The van der Waals surface area contributed by atoms with Crippen molar-refractivity contribution in [3.63, 3.8) is 0 Å². The molecule has 0 fully saturated rings. The van der Waals surface area contributed by atoms with Gasteiger partial charge >= 0.3 is 6.09 Å². The molecule has 0 aliphatic rings. The Hall–Kier alpha value is -2.56. The summed E-state index contributed by atoms with van der Waals surface area (Å²) in [5.41, 5.74) is 0.682. The Morgan fingerprint density at radius 1 is 1.24 bits per heavy atom. The summed E-state index contributed by atoms with van der Waals surface area (Å²) >= 11 is 0. The number of aryl methyl sites for hydroxylation is 1. The second-order valence-corrected chi connectivity index (χ2v) is 4.36. The number of amides is 1. The molecule has 1 N–H and O–H groups in total. The van der Waals surface area contributed by atoms with Crippen molar-refractivity contribution in [3.05, 3.63) is 53.8 Å². The lowest BCUT2D eigenvalue weighted by molar-refractivity contribution is 0.215. The summed E-state index contributed by atoms with van der Waals surface area (Å²) < 4.78 is 24.3. The van der Waals surface area contributed by atoms with Gasteiger partial charge < -0.3 is 9.47 Å². The van der Waals surface area contributed by atoms with Crippen molar-refractivity contribution in [2.75, 3.05) is 11.9 Å². The van der Waals surface area contributed by atoms with Crippen molar-refractivity contribution in [2.45, 2.75) is 13.8 Å². The van der Waals surface area contributed by atoms with E-state index in [1.807, 2.05) is 6.92 Å². The van der Waals surface area contributed by atoms with E-state index in [4.69, 9.17) is 9.47 Å². The fraction of sp³-hybridized carbons (Fsp3) is 0.188. The van der Waals surface area contributed by atoms with Gasteiger partial charge in [0.05, 0.1) is 12.3 Å². The van der Waals surface area contributed by atoms with E-state index in [0.717, 1.165) is 0 Å². The van der Waals surface area contributed by atoms with E-state index in [9.17, 15) is 9.18 Å². The molecule has 2 aromatic rings. The maximum absolute atomic E-state index is 13.8. The van der Waals surface area contributed by atoms with Crippen LogP contribution in [0.25, 0.3) is 0 Å². The molecular formula is C16H16FNO3. The smallest absolute Gasteiger partial charge is 0.417 e. The van der Waals surface area contributed by atoms with E-state index in [1.165, 1.54) is 12.1 Å². The fourth-order valence-corrected chi connectivity index (χ4v) is 1.79. The number of rotatable bonds is 4. The molecule has 0 aliphatic carbocycles. The topological polar surface area (TPSA) is 47.6 Å². The van der Waals surface area contributed by atoms with Crippen molar-refractivity contribution in [2.24, 2.45) is 0 Å². The highest BCUT2D eigenvalue weighted by Gasteiger charge is 2.12. The molecule has 4 nitrogen and oxygen atoms in total. The molecule has 0 unspecified atom stereocenters. The molecule has 0 atom stereocenters. The van der Waals surface area contributed by atoms with Crippen molar-refractivity contribution in [1.82, 2.24) is 0 Å². The number of halogens is 1. The van der Waals surface area contributed by atoms with E-state index in [1.54, 1.807) is 37.3 Å². The highest BCUT2D eigenvalue weighted by molar-refractivity contribution is 5.86. The largest absolute Gasteiger partial charge is 0.494 e. The first-order chi connectivity index (χ1) is 10.1. The summed E-state index contributed by atoms with van der Waals surface area (Å²) in [6, 6.07) is 11.3. The average Bonchev–Trinajstić information content (AvgIpc) is 2.45. The molecule has 110 valence electrons. The minimum absolute atomic E-state index is 0.0185. The molecule has 0 radical (unpaired) electrons. The van der Waals surface area contributed by atoms with Crippen LogP contribution in [0.4, 0.5) is 14.9 Å². The number of anilines is 1. The number of hydrogen-bond donors (Lipinski definition) is 1. The van der Waals surface area contributed by atoms with Crippen molar-refractivity contribution < 1.29 is 18.7 Å². The standard InChI is InChI=1S/C16H16FNO3/c1-3-20-15-10-14(13(17)9-11(15)2)18-16(19)21-12-7-5-4-6-8-12/h4-10H,3H2,1-2H3,(H,18,19). The maximum atomic E-state index is 13.8. The molecule has 0 spiro atoms. The zero-order valence-electron chi connectivity index (χ0n) is 11.9. The highest BCUT2D eigenvalue weighted by Crippen LogP contribution is 2.26. The molecule has 0 aliphatic heterocycles. The van der Waals surface area contributed by atoms with Gasteiger partial charge in [-0.2, -0.15) is 0 Å². The minimum atomic E-state index is -0.758. The molecule has 0 bridgehead atoms. The zero-order chi connectivity index (χ0) is 15.2. The SMILES string of the molecule is CCOc1cc(NC(=O)Oc2ccccc2)c(F)cc1C. The van der Waals surface area contributed by atoms with Gasteiger partial charge in [-0.15, -0.1) is 0 Å². The molecule has 0 heterocycles. The lowest BCUT2D eigenvalue weighted by Gasteiger charge is -2.12. The number of nitrogens with one attached hydrogen (secondary N) is 1. The van der Waals surface area contributed by atoms with Crippen LogP contribution in [0.3, 0.4) is 0 Å². The Kier molecular flexibility index (Phi) is 4.77. The van der Waals surface area contributed by atoms with Crippen LogP contribution in [0.2, 0.25) is 0 Å². The van der Waals surface area contributed by atoms with Crippen LogP contribution in [0.5, 0.6) is 11.5 Å². The van der Waals surface area contributed by atoms with Gasteiger partial charge in [0.25, 0.3) is 0 Å². The van der Waals surface area contributed by atoms with E-state index in [2.05, 4.69) is 5.32 Å². The Labute approximate surface area is 122 Å². The van der Waals surface area contributed by atoms with Gasteiger partial charge in [-0.1, -0.05) is 18.2 Å². The summed E-state index contributed by atoms with van der Waals surface area (Å²) in [7, 11) is 0. The molecule has 21 heavy (non-hydrogen) atoms. The van der Waals surface area contributed by atoms with E-state index < -0.39 is 11.9 Å². The zero-order valence-corrected chi connectivity index (χ0v) is 11.9. The second-order valence-electron chi connectivity index (χ2n) is 4.36. The Balaban J connectivity index is 2.11. The monoisotopic (exact) mass is 289 g/mol. The van der Waals surface area contributed by atoms with E-state index in [-0.39, 0.29) is 5.69 Å². The lowest BCUT2D eigenvalue weighted by Crippen LogP contribution is -2.17. The van der Waals surface area contributed by atoms with Gasteiger partial charge in [0.1, 0.15) is 17.3 Å². The van der Waals surface area contributed by atoms with Gasteiger partial charge in [-0.05, 0) is 37.6 Å². The van der Waals surface area contributed by atoms with Gasteiger partial charge in [0.15, 0.2) is 0 Å². The summed E-state index contributed by atoms with van der Waals surface area (Å²) in [4.78, 5) is 11.7. The molecule has 1 amide bonds. The number of benzene rings is 2. The quantitative estimate of drug-likeness (QED) is 0.920. The molecule has 0 aromatic heterocycles. The van der Waals surface area contributed by atoms with Crippen LogP contribution in [-0.4, -0.2) is 12.7 Å². The van der Waals surface area contributed by atoms with Gasteiger partial charge in [0, 0.05) is 6.07 Å². The average molecular weight is 289 g/mol. The Morgan fingerprint density at radius 3 is 2.62 bits per heavy atom. The number of ether oxygens (including phenoxy) is 2. The first kappa shape index (κ1) is 14.8. The van der Waals surface area contributed by atoms with Crippen LogP contribution in [-0.2, 0) is 0 Å². The summed E-state index contributed by atoms with van der Waals surface area (Å²) in [5.74, 6) is 0.363. The van der Waals surface area contributed by atoms with Crippen molar-refractivity contribution >= 4 is 11.8 Å². The molecule has 0 saturated carbocycles. The third-order valence-corrected chi connectivity index (χ3v) is 2.75. The molecular weight excluding hydrogens is 273 g/mol. The van der Waals surface area contributed by atoms with Gasteiger partial charge in [-0.3, -0.25) is 5.32 Å². The number of carbonyl (C=O) groups excluding carboxylic acids is 1. The second kappa shape index (κ2) is 6.74. The molecule has 0 saturated heterocycles. The van der Waals surface area contributed by atoms with Gasteiger partial charge in [0.2, 0.25) is 0 Å². The predicted octanol–water partition coefficient (Wildman–Crippen LogP) is 4.14. The van der Waals surface area contributed by atoms with E-state index >= 15 is 0 Å². The minimum Gasteiger partial charge on any atom is -0.494 e. The molecule has 5 heteroatoms. The first-order valence-electron chi connectivity index (χ1n) is 6.57. The normalized spacial score (nSPS) is 10.0. The van der Waals surface area contributed by atoms with Crippen LogP contribution in [0.1, 0.15) is 12.5 Å². The predicted molar refractivity (Wildman–Crippen MR) is 78.4 cm³/mol. The fourth-order valence-electron chi connectivity index (χ4n) is 1.79. The lowest BCUT2D eigenvalue weighted by atomic mass is 10.2. The number of para-hydroxylation sites is 1. The third-order valence-electron chi connectivity index (χ3n) is 2.75. The molecule has 2 rings (SSSR count). The van der Waals surface area contributed by atoms with Crippen LogP contribution in [0, 0.1) is 12.7 Å². The van der Waals surface area contributed by atoms with Crippen molar-refractivity contribution in [1.29, 1.82) is 0 Å². The highest BCUT2D eigenvalue weighted by atomic mass is 19.1. The molecule has 2 aromatic carbocycles.